The quantitative estimate of drug-likeness (QED) is 0.576. The molecule has 0 unspecified atom stereocenters. The minimum atomic E-state index is -0.844. The van der Waals surface area contributed by atoms with E-state index in [0.29, 0.717) is 19.4 Å². The third-order valence-electron chi connectivity index (χ3n) is 5.78. The molecule has 1 aromatic carbocycles. The van der Waals surface area contributed by atoms with Crippen molar-refractivity contribution in [2.24, 2.45) is 12.5 Å². The van der Waals surface area contributed by atoms with Gasteiger partial charge in [0.15, 0.2) is 17.4 Å². The highest BCUT2D eigenvalue weighted by molar-refractivity contribution is 5.80. The summed E-state index contributed by atoms with van der Waals surface area (Å²) in [6.07, 6.45) is 2.90. The van der Waals surface area contributed by atoms with E-state index in [1.54, 1.807) is 20.9 Å². The van der Waals surface area contributed by atoms with Crippen LogP contribution in [0.5, 0.6) is 11.8 Å². The number of benzene rings is 1. The molecule has 0 radical (unpaired) electrons. The summed E-state index contributed by atoms with van der Waals surface area (Å²) in [6.45, 7) is 7.02. The smallest absolute Gasteiger partial charge is 0.297 e. The highest BCUT2D eigenvalue weighted by Crippen LogP contribution is 2.33. The summed E-state index contributed by atoms with van der Waals surface area (Å²) in [5.41, 5.74) is -1.03. The Bertz CT molecular complexity index is 1080. The molecule has 8 nitrogen and oxygen atoms in total. The molecule has 1 heterocycles. The summed E-state index contributed by atoms with van der Waals surface area (Å²) >= 11 is 0. The number of carbonyl (C=O) groups excluding carboxylic acids is 1. The predicted molar refractivity (Wildman–Crippen MR) is 124 cm³/mol. The number of nitriles is 1. The van der Waals surface area contributed by atoms with E-state index in [1.807, 2.05) is 6.92 Å². The molecule has 2 aromatic rings. The second-order valence-electron chi connectivity index (χ2n) is 9.56. The van der Waals surface area contributed by atoms with Crippen molar-refractivity contribution in [3.63, 3.8) is 0 Å². The minimum absolute atomic E-state index is 0. The number of ether oxygens (including phenoxy) is 3. The highest BCUT2D eigenvalue weighted by Gasteiger charge is 2.27. The van der Waals surface area contributed by atoms with Crippen LogP contribution in [0, 0.1) is 28.4 Å². The van der Waals surface area contributed by atoms with Crippen molar-refractivity contribution < 1.29 is 29.2 Å². The molecule has 10 heteroatoms. The molecule has 3 rings (SSSR count). The number of hydrogen-bond acceptors (Lipinski definition) is 6. The Morgan fingerprint density at radius 1 is 1.35 bits per heavy atom. The van der Waals surface area contributed by atoms with Gasteiger partial charge >= 0.3 is 0 Å². The zero-order chi connectivity index (χ0) is 25.0. The molecular weight excluding hydrogens is 446 g/mol. The number of amides is 1. The van der Waals surface area contributed by atoms with Crippen molar-refractivity contribution in [1.82, 2.24) is 14.9 Å². The van der Waals surface area contributed by atoms with Crippen molar-refractivity contribution in [2.45, 2.75) is 71.6 Å². The van der Waals surface area contributed by atoms with Gasteiger partial charge in [-0.1, -0.05) is 0 Å². The predicted octanol–water partition coefficient (Wildman–Crippen LogP) is 4.26. The van der Waals surface area contributed by atoms with Crippen LogP contribution in [0.15, 0.2) is 6.07 Å². The van der Waals surface area contributed by atoms with Crippen molar-refractivity contribution in [2.75, 3.05) is 13.2 Å². The summed E-state index contributed by atoms with van der Waals surface area (Å²) in [5.74, 6) is -1.83. The first-order valence-corrected chi connectivity index (χ1v) is 11.4. The molecule has 1 atom stereocenters. The maximum absolute atomic E-state index is 15.1. The number of nitrogens with one attached hydrogen (secondary N) is 1. The van der Waals surface area contributed by atoms with Crippen LogP contribution in [0.4, 0.5) is 8.78 Å². The van der Waals surface area contributed by atoms with Gasteiger partial charge in [0.1, 0.15) is 23.7 Å². The Morgan fingerprint density at radius 2 is 2.00 bits per heavy atom. The topological polar surface area (TPSA) is 98.4 Å². The van der Waals surface area contributed by atoms with E-state index in [0.717, 1.165) is 18.9 Å². The fraction of sp³-hybridized carbons (Fsp3) is 0.625. The molecule has 1 aromatic heterocycles. The van der Waals surface area contributed by atoms with E-state index in [4.69, 9.17) is 19.5 Å². The van der Waals surface area contributed by atoms with E-state index < -0.39 is 17.0 Å². The molecule has 34 heavy (non-hydrogen) atoms. The van der Waals surface area contributed by atoms with Crippen LogP contribution in [-0.2, 0) is 16.6 Å². The van der Waals surface area contributed by atoms with Crippen LogP contribution in [0.2, 0.25) is 0 Å². The van der Waals surface area contributed by atoms with Gasteiger partial charge in [0, 0.05) is 27.5 Å². The lowest BCUT2D eigenvalue weighted by atomic mass is 9.95. The normalized spacial score (nSPS) is 19.5. The second-order valence-corrected chi connectivity index (χ2v) is 9.56. The van der Waals surface area contributed by atoms with E-state index in [9.17, 15) is 9.18 Å². The first-order valence-electron chi connectivity index (χ1n) is 11.4. The monoisotopic (exact) mass is 480 g/mol. The average molecular weight is 481 g/mol. The summed E-state index contributed by atoms with van der Waals surface area (Å²) in [5, 5.41) is 11.9. The van der Waals surface area contributed by atoms with Crippen LogP contribution in [-0.4, -0.2) is 46.9 Å². The summed E-state index contributed by atoms with van der Waals surface area (Å²) in [4.78, 5) is 15.3. The summed E-state index contributed by atoms with van der Waals surface area (Å²) < 4.78 is 48.5. The molecule has 1 aliphatic rings. The van der Waals surface area contributed by atoms with Gasteiger partial charge in [-0.2, -0.15) is 10.2 Å². The molecule has 0 bridgehead atoms. The maximum Gasteiger partial charge on any atom is 0.297 e. The minimum Gasteiger partial charge on any atom is -0.489 e. The summed E-state index contributed by atoms with van der Waals surface area (Å²) in [6, 6.07) is 3.09. The molecule has 188 valence electrons. The molecular formula is C24H34F2N4O4. The zero-order valence-corrected chi connectivity index (χ0v) is 20.3. The second kappa shape index (κ2) is 10.6. The lowest BCUT2D eigenvalue weighted by Gasteiger charge is -2.29. The number of rotatable bonds is 9. The number of aromatic nitrogens is 2. The average Bonchev–Trinajstić information content (AvgIpc) is 3.11. The third kappa shape index (κ3) is 6.14. The summed E-state index contributed by atoms with van der Waals surface area (Å²) in [7, 11) is 1.56. The first kappa shape index (κ1) is 25.7. The zero-order valence-electron chi connectivity index (χ0n) is 20.3. The molecule has 0 saturated heterocycles. The van der Waals surface area contributed by atoms with Crippen molar-refractivity contribution in [1.29, 1.82) is 5.26 Å². The molecule has 1 fully saturated rings. The van der Waals surface area contributed by atoms with Gasteiger partial charge in [-0.25, -0.2) is 8.78 Å². The number of fused-ring (bicyclic) bond motifs is 1. The fourth-order valence-electron chi connectivity index (χ4n) is 3.90. The van der Waals surface area contributed by atoms with Crippen molar-refractivity contribution in [3.8, 4) is 17.8 Å². The number of aryl methyl sites for hydroxylation is 1. The number of nitrogens with zero attached hydrogens (tertiary/aromatic N) is 3. The number of imidazole rings is 1. The van der Waals surface area contributed by atoms with E-state index >= 15 is 4.39 Å². The van der Waals surface area contributed by atoms with Gasteiger partial charge in [-0.3, -0.25) is 9.36 Å². The van der Waals surface area contributed by atoms with Crippen LogP contribution in [0.3, 0.4) is 0 Å². The van der Waals surface area contributed by atoms with Crippen LogP contribution in [0.25, 0.3) is 11.0 Å². The fourth-order valence-corrected chi connectivity index (χ4v) is 3.90. The Balaban J connectivity index is 0.00000432. The molecule has 1 saturated carbocycles. The van der Waals surface area contributed by atoms with Gasteiger partial charge in [0.05, 0.1) is 24.2 Å². The van der Waals surface area contributed by atoms with E-state index in [2.05, 4.69) is 16.4 Å². The highest BCUT2D eigenvalue weighted by atomic mass is 19.1. The van der Waals surface area contributed by atoms with Gasteiger partial charge in [-0.15, -0.1) is 0 Å². The number of carbonyl (C=O) groups is 1. The molecule has 1 N–H and O–H groups in total. The van der Waals surface area contributed by atoms with Gasteiger partial charge < -0.3 is 19.5 Å². The van der Waals surface area contributed by atoms with Gasteiger partial charge in [-0.05, 0) is 46.5 Å². The van der Waals surface area contributed by atoms with Crippen LogP contribution < -0.4 is 14.8 Å². The maximum atomic E-state index is 15.1. The van der Waals surface area contributed by atoms with E-state index in [-0.39, 0.29) is 55.0 Å². The lowest BCUT2D eigenvalue weighted by Crippen LogP contribution is -2.37. The molecule has 1 aliphatic carbocycles. The Kier molecular flexibility index (Phi) is 7.97. The standard InChI is InChI=1S/C24H32F2N4O4.H2/c1-14(28-15(2)31)11-32-16-6-8-17(9-7-16)34-23-29-21-18(25)10-19(20(26)22(21)30(23)5)33-13-24(3,4)12-27;/h10,14,16-17H,6-9,11,13H2,1-5H3,(H,28,31);1H/t14-,16?,17?;/m0./s1. The Morgan fingerprint density at radius 3 is 2.62 bits per heavy atom. The van der Waals surface area contributed by atoms with Crippen molar-refractivity contribution >= 4 is 16.9 Å². The first-order chi connectivity index (χ1) is 16.0. The number of halogens is 2. The van der Waals surface area contributed by atoms with Crippen molar-refractivity contribution in [3.05, 3.63) is 17.7 Å². The van der Waals surface area contributed by atoms with E-state index in [1.165, 1.54) is 11.5 Å². The largest absolute Gasteiger partial charge is 0.489 e. The Hall–Kier alpha value is -2.93. The van der Waals surface area contributed by atoms with Gasteiger partial charge in [0.2, 0.25) is 5.91 Å². The lowest BCUT2D eigenvalue weighted by molar-refractivity contribution is -0.120. The molecule has 1 amide bonds. The Labute approximate surface area is 199 Å². The molecule has 0 spiro atoms. The van der Waals surface area contributed by atoms with Crippen LogP contribution >= 0.6 is 0 Å². The van der Waals surface area contributed by atoms with Gasteiger partial charge in [0.25, 0.3) is 6.01 Å². The van der Waals surface area contributed by atoms with Crippen LogP contribution in [0.1, 0.15) is 54.8 Å². The third-order valence-corrected chi connectivity index (χ3v) is 5.78. The SMILES string of the molecule is CC(=O)N[C@@H](C)COC1CCC(Oc2nc3c(F)cc(OCC(C)(C)C#N)c(F)c3n2C)CC1.[HH]. The molecule has 0 aliphatic heterocycles. The number of hydrogen-bond donors (Lipinski definition) is 1.